The van der Waals surface area contributed by atoms with Crippen LogP contribution in [0, 0.1) is 0 Å². The van der Waals surface area contributed by atoms with Gasteiger partial charge in [-0.1, -0.05) is 24.3 Å². The molecule has 0 amide bonds. The molecule has 0 saturated heterocycles. The number of carbonyl (C=O) groups is 1. The molecule has 0 fully saturated rings. The zero-order chi connectivity index (χ0) is 10.4. The van der Waals surface area contributed by atoms with Crippen LogP contribution in [0.5, 0.6) is 0 Å². The highest BCUT2D eigenvalue weighted by Crippen LogP contribution is 2.09. The summed E-state index contributed by atoms with van der Waals surface area (Å²) >= 11 is 0. The van der Waals surface area contributed by atoms with Gasteiger partial charge < -0.3 is 10.1 Å². The van der Waals surface area contributed by atoms with Crippen molar-refractivity contribution in [3.05, 3.63) is 35.4 Å². The zero-order valence-corrected chi connectivity index (χ0v) is 8.54. The molecular weight excluding hydrogens is 178 g/mol. The van der Waals surface area contributed by atoms with Crippen molar-refractivity contribution in [3.8, 4) is 0 Å². The van der Waals surface area contributed by atoms with Gasteiger partial charge in [0.25, 0.3) is 0 Å². The van der Waals surface area contributed by atoms with Crippen molar-refractivity contribution in [2.45, 2.75) is 13.0 Å². The Balaban J connectivity index is 2.78. The molecule has 0 spiro atoms. The van der Waals surface area contributed by atoms with Crippen molar-refractivity contribution < 1.29 is 9.53 Å². The summed E-state index contributed by atoms with van der Waals surface area (Å²) < 4.78 is 4.63. The van der Waals surface area contributed by atoms with Gasteiger partial charge in [-0.05, 0) is 18.2 Å². The van der Waals surface area contributed by atoms with Crippen LogP contribution in [0.4, 0.5) is 0 Å². The van der Waals surface area contributed by atoms with E-state index in [0.717, 1.165) is 17.7 Å². The maximum atomic E-state index is 11.1. The first-order chi connectivity index (χ1) is 6.77. The van der Waals surface area contributed by atoms with Crippen LogP contribution in [0.25, 0.3) is 0 Å². The Kier molecular flexibility index (Phi) is 4.13. The maximum Gasteiger partial charge on any atom is 0.309 e. The largest absolute Gasteiger partial charge is 0.469 e. The van der Waals surface area contributed by atoms with Gasteiger partial charge in [-0.25, -0.2) is 0 Å². The number of ether oxygens (including phenoxy) is 1. The average molecular weight is 193 g/mol. The third-order valence-corrected chi connectivity index (χ3v) is 2.05. The summed E-state index contributed by atoms with van der Waals surface area (Å²) in [6.45, 7) is 0.771. The van der Waals surface area contributed by atoms with E-state index in [1.807, 2.05) is 31.3 Å². The molecule has 0 atom stereocenters. The number of rotatable bonds is 4. The summed E-state index contributed by atoms with van der Waals surface area (Å²) in [5, 5.41) is 3.06. The van der Waals surface area contributed by atoms with Crippen molar-refractivity contribution in [1.29, 1.82) is 0 Å². The lowest BCUT2D eigenvalue weighted by molar-refractivity contribution is -0.139. The number of hydrogen-bond acceptors (Lipinski definition) is 3. The molecule has 3 heteroatoms. The van der Waals surface area contributed by atoms with E-state index >= 15 is 0 Å². The predicted molar refractivity (Wildman–Crippen MR) is 54.9 cm³/mol. The molecule has 0 heterocycles. The monoisotopic (exact) mass is 193 g/mol. The van der Waals surface area contributed by atoms with E-state index in [2.05, 4.69) is 10.1 Å². The maximum absolute atomic E-state index is 11.1. The Bertz CT molecular complexity index is 310. The molecule has 0 aliphatic carbocycles. The molecule has 0 unspecified atom stereocenters. The SMILES string of the molecule is CNCc1ccccc1CC(=O)OC. The summed E-state index contributed by atoms with van der Waals surface area (Å²) in [4.78, 5) is 11.1. The molecule has 1 aromatic rings. The normalized spacial score (nSPS) is 9.86. The molecule has 0 aromatic heterocycles. The van der Waals surface area contributed by atoms with Crippen LogP contribution >= 0.6 is 0 Å². The average Bonchev–Trinajstić information content (AvgIpc) is 2.21. The van der Waals surface area contributed by atoms with Gasteiger partial charge in [0.15, 0.2) is 0 Å². The molecule has 0 aliphatic rings. The zero-order valence-electron chi connectivity index (χ0n) is 8.54. The van der Waals surface area contributed by atoms with Crippen LogP contribution in [0.2, 0.25) is 0 Å². The third kappa shape index (κ3) is 2.85. The first kappa shape index (κ1) is 10.7. The first-order valence-electron chi connectivity index (χ1n) is 4.56. The van der Waals surface area contributed by atoms with Crippen LogP contribution in [0.15, 0.2) is 24.3 Å². The molecule has 0 bridgehead atoms. The number of carbonyl (C=O) groups excluding carboxylic acids is 1. The van der Waals surface area contributed by atoms with Crippen molar-refractivity contribution in [3.63, 3.8) is 0 Å². The topological polar surface area (TPSA) is 38.3 Å². The number of hydrogen-bond donors (Lipinski definition) is 1. The van der Waals surface area contributed by atoms with Crippen LogP contribution in [0.1, 0.15) is 11.1 Å². The number of methoxy groups -OCH3 is 1. The predicted octanol–water partition coefficient (Wildman–Crippen LogP) is 1.12. The highest BCUT2D eigenvalue weighted by molar-refractivity contribution is 5.72. The Hall–Kier alpha value is -1.35. The standard InChI is InChI=1S/C11H15NO2/c1-12-8-10-6-4-3-5-9(10)7-11(13)14-2/h3-6,12H,7-8H2,1-2H3. The fourth-order valence-electron chi connectivity index (χ4n) is 1.32. The lowest BCUT2D eigenvalue weighted by Gasteiger charge is -2.07. The Morgan fingerprint density at radius 3 is 2.57 bits per heavy atom. The summed E-state index contributed by atoms with van der Waals surface area (Å²) in [6, 6.07) is 7.85. The summed E-state index contributed by atoms with van der Waals surface area (Å²) in [5.74, 6) is -0.200. The van der Waals surface area contributed by atoms with E-state index in [-0.39, 0.29) is 5.97 Å². The first-order valence-corrected chi connectivity index (χ1v) is 4.56. The van der Waals surface area contributed by atoms with Gasteiger partial charge in [0.05, 0.1) is 13.5 Å². The lowest BCUT2D eigenvalue weighted by atomic mass is 10.0. The second-order valence-corrected chi connectivity index (χ2v) is 3.05. The molecule has 76 valence electrons. The molecule has 3 nitrogen and oxygen atoms in total. The van der Waals surface area contributed by atoms with Gasteiger partial charge in [-0.2, -0.15) is 0 Å². The highest BCUT2D eigenvalue weighted by atomic mass is 16.5. The van der Waals surface area contributed by atoms with Crippen molar-refractivity contribution in [1.82, 2.24) is 5.32 Å². The van der Waals surface area contributed by atoms with E-state index in [4.69, 9.17) is 0 Å². The fourth-order valence-corrected chi connectivity index (χ4v) is 1.32. The number of nitrogens with one attached hydrogen (secondary N) is 1. The van der Waals surface area contributed by atoms with Crippen molar-refractivity contribution >= 4 is 5.97 Å². The van der Waals surface area contributed by atoms with Crippen LogP contribution in [-0.2, 0) is 22.5 Å². The lowest BCUT2D eigenvalue weighted by Crippen LogP contribution is -2.11. The molecular formula is C11H15NO2. The molecule has 1 N–H and O–H groups in total. The van der Waals surface area contributed by atoms with Gasteiger partial charge in [-0.15, -0.1) is 0 Å². The van der Waals surface area contributed by atoms with E-state index in [1.54, 1.807) is 0 Å². The smallest absolute Gasteiger partial charge is 0.309 e. The summed E-state index contributed by atoms with van der Waals surface area (Å²) in [5.41, 5.74) is 2.16. The fraction of sp³-hybridized carbons (Fsp3) is 0.364. The minimum Gasteiger partial charge on any atom is -0.469 e. The quantitative estimate of drug-likeness (QED) is 0.728. The van der Waals surface area contributed by atoms with Crippen LogP contribution in [0.3, 0.4) is 0 Å². The minimum atomic E-state index is -0.200. The highest BCUT2D eigenvalue weighted by Gasteiger charge is 2.06. The van der Waals surface area contributed by atoms with E-state index in [0.29, 0.717) is 6.42 Å². The Morgan fingerprint density at radius 2 is 2.00 bits per heavy atom. The van der Waals surface area contributed by atoms with Crippen LogP contribution in [-0.4, -0.2) is 20.1 Å². The van der Waals surface area contributed by atoms with Gasteiger partial charge in [0, 0.05) is 6.54 Å². The van der Waals surface area contributed by atoms with Gasteiger partial charge in [-0.3, -0.25) is 4.79 Å². The van der Waals surface area contributed by atoms with Gasteiger partial charge in [0.2, 0.25) is 0 Å². The number of benzene rings is 1. The minimum absolute atomic E-state index is 0.200. The van der Waals surface area contributed by atoms with Crippen LogP contribution < -0.4 is 5.32 Å². The Morgan fingerprint density at radius 1 is 1.36 bits per heavy atom. The van der Waals surface area contributed by atoms with Crippen molar-refractivity contribution in [2.75, 3.05) is 14.2 Å². The van der Waals surface area contributed by atoms with Gasteiger partial charge in [0.1, 0.15) is 0 Å². The van der Waals surface area contributed by atoms with Crippen molar-refractivity contribution in [2.24, 2.45) is 0 Å². The van der Waals surface area contributed by atoms with E-state index < -0.39 is 0 Å². The van der Waals surface area contributed by atoms with E-state index in [1.165, 1.54) is 7.11 Å². The third-order valence-electron chi connectivity index (χ3n) is 2.05. The molecule has 14 heavy (non-hydrogen) atoms. The molecule has 0 aliphatic heterocycles. The summed E-state index contributed by atoms with van der Waals surface area (Å²) in [6.07, 6.45) is 0.342. The second kappa shape index (κ2) is 5.40. The van der Waals surface area contributed by atoms with Gasteiger partial charge >= 0.3 is 5.97 Å². The number of esters is 1. The molecule has 0 radical (unpaired) electrons. The summed E-state index contributed by atoms with van der Waals surface area (Å²) in [7, 11) is 3.29. The van der Waals surface area contributed by atoms with E-state index in [9.17, 15) is 4.79 Å². The molecule has 1 rings (SSSR count). The Labute approximate surface area is 84.1 Å². The second-order valence-electron chi connectivity index (χ2n) is 3.05. The molecule has 1 aromatic carbocycles. The molecule has 0 saturated carbocycles.